The lowest BCUT2D eigenvalue weighted by Crippen LogP contribution is -2.27. The van der Waals surface area contributed by atoms with E-state index in [1.165, 1.54) is 6.42 Å². The SMILES string of the molecule is CCC(C)CN(CC)c1nc(Cl)c(CCl)s1. The summed E-state index contributed by atoms with van der Waals surface area (Å²) in [5, 5.41) is 1.54. The van der Waals surface area contributed by atoms with Crippen molar-refractivity contribution in [3.63, 3.8) is 0 Å². The highest BCUT2D eigenvalue weighted by atomic mass is 35.5. The van der Waals surface area contributed by atoms with E-state index in [1.54, 1.807) is 11.3 Å². The van der Waals surface area contributed by atoms with Crippen LogP contribution in [0.4, 0.5) is 5.13 Å². The smallest absolute Gasteiger partial charge is 0.187 e. The van der Waals surface area contributed by atoms with Gasteiger partial charge in [0, 0.05) is 13.1 Å². The van der Waals surface area contributed by atoms with E-state index in [-0.39, 0.29) is 0 Å². The summed E-state index contributed by atoms with van der Waals surface area (Å²) < 4.78 is 0. The Morgan fingerprint density at radius 1 is 1.44 bits per heavy atom. The van der Waals surface area contributed by atoms with E-state index < -0.39 is 0 Å². The molecule has 0 N–H and O–H groups in total. The molecular weight excluding hydrogens is 263 g/mol. The first-order valence-electron chi connectivity index (χ1n) is 5.58. The highest BCUT2D eigenvalue weighted by Crippen LogP contribution is 2.31. The van der Waals surface area contributed by atoms with Gasteiger partial charge in [-0.3, -0.25) is 0 Å². The lowest BCUT2D eigenvalue weighted by molar-refractivity contribution is 0.547. The summed E-state index contributed by atoms with van der Waals surface area (Å²) in [6.07, 6.45) is 1.18. The van der Waals surface area contributed by atoms with Gasteiger partial charge in [0.25, 0.3) is 0 Å². The molecule has 1 aromatic heterocycles. The molecule has 16 heavy (non-hydrogen) atoms. The largest absolute Gasteiger partial charge is 0.348 e. The fourth-order valence-electron chi connectivity index (χ4n) is 1.39. The quantitative estimate of drug-likeness (QED) is 0.718. The van der Waals surface area contributed by atoms with E-state index in [2.05, 4.69) is 30.7 Å². The normalized spacial score (nSPS) is 12.8. The molecule has 0 amide bonds. The van der Waals surface area contributed by atoms with Gasteiger partial charge in [-0.1, -0.05) is 43.2 Å². The molecule has 1 aromatic rings. The average Bonchev–Trinajstić information content (AvgIpc) is 2.66. The van der Waals surface area contributed by atoms with Crippen LogP contribution >= 0.6 is 34.5 Å². The molecule has 0 spiro atoms. The minimum Gasteiger partial charge on any atom is -0.348 e. The van der Waals surface area contributed by atoms with Crippen LogP contribution < -0.4 is 4.90 Å². The third kappa shape index (κ3) is 3.51. The molecule has 92 valence electrons. The fraction of sp³-hybridized carbons (Fsp3) is 0.727. The van der Waals surface area contributed by atoms with E-state index in [0.717, 1.165) is 23.1 Å². The van der Waals surface area contributed by atoms with E-state index in [9.17, 15) is 0 Å². The van der Waals surface area contributed by atoms with Crippen molar-refractivity contribution in [3.8, 4) is 0 Å². The molecule has 1 atom stereocenters. The second-order valence-electron chi connectivity index (χ2n) is 3.90. The van der Waals surface area contributed by atoms with Crippen LogP contribution in [0.1, 0.15) is 32.1 Å². The zero-order chi connectivity index (χ0) is 12.1. The predicted molar refractivity (Wildman–Crippen MR) is 74.0 cm³/mol. The molecule has 5 heteroatoms. The minimum absolute atomic E-state index is 0.442. The molecule has 2 nitrogen and oxygen atoms in total. The second-order valence-corrected chi connectivity index (χ2v) is 5.58. The molecule has 0 bridgehead atoms. The van der Waals surface area contributed by atoms with Gasteiger partial charge in [0.1, 0.15) is 5.15 Å². The number of alkyl halides is 1. The van der Waals surface area contributed by atoms with E-state index in [1.807, 2.05) is 0 Å². The zero-order valence-corrected chi connectivity index (χ0v) is 12.3. The van der Waals surface area contributed by atoms with Gasteiger partial charge in [-0.05, 0) is 12.8 Å². The Balaban J connectivity index is 2.78. The number of hydrogen-bond acceptors (Lipinski definition) is 3. The molecular formula is C11H18Cl2N2S. The lowest BCUT2D eigenvalue weighted by Gasteiger charge is -2.23. The van der Waals surface area contributed by atoms with Crippen LogP contribution in [0.25, 0.3) is 0 Å². The Morgan fingerprint density at radius 2 is 2.12 bits per heavy atom. The molecule has 0 aliphatic carbocycles. The van der Waals surface area contributed by atoms with Crippen molar-refractivity contribution in [2.45, 2.75) is 33.1 Å². The third-order valence-electron chi connectivity index (χ3n) is 2.64. The second kappa shape index (κ2) is 6.67. The van der Waals surface area contributed by atoms with E-state index >= 15 is 0 Å². The Hall–Kier alpha value is 0.01000. The molecule has 0 saturated heterocycles. The maximum atomic E-state index is 6.00. The van der Waals surface area contributed by atoms with Crippen LogP contribution in [-0.2, 0) is 5.88 Å². The van der Waals surface area contributed by atoms with E-state index in [4.69, 9.17) is 23.2 Å². The number of aromatic nitrogens is 1. The average molecular weight is 281 g/mol. The zero-order valence-electron chi connectivity index (χ0n) is 9.96. The summed E-state index contributed by atoms with van der Waals surface area (Å²) in [5.74, 6) is 1.11. The van der Waals surface area contributed by atoms with Gasteiger partial charge in [0.2, 0.25) is 0 Å². The molecule has 0 radical (unpaired) electrons. The first kappa shape index (κ1) is 14.1. The van der Waals surface area contributed by atoms with Gasteiger partial charge >= 0.3 is 0 Å². The fourth-order valence-corrected chi connectivity index (χ4v) is 2.93. The molecule has 0 aliphatic heterocycles. The van der Waals surface area contributed by atoms with Crippen molar-refractivity contribution in [2.75, 3.05) is 18.0 Å². The van der Waals surface area contributed by atoms with Gasteiger partial charge < -0.3 is 4.90 Å². The van der Waals surface area contributed by atoms with Gasteiger partial charge in [-0.2, -0.15) is 0 Å². The monoisotopic (exact) mass is 280 g/mol. The van der Waals surface area contributed by atoms with Crippen LogP contribution in [-0.4, -0.2) is 18.1 Å². The Kier molecular flexibility index (Phi) is 5.87. The standard InChI is InChI=1S/C11H18Cl2N2S/c1-4-8(3)7-15(5-2)11-14-10(13)9(6-12)16-11/h8H,4-7H2,1-3H3. The summed E-state index contributed by atoms with van der Waals surface area (Å²) >= 11 is 13.4. The van der Waals surface area contributed by atoms with Gasteiger partial charge in [-0.15, -0.1) is 11.6 Å². The number of nitrogens with zero attached hydrogens (tertiary/aromatic N) is 2. The van der Waals surface area contributed by atoms with Crippen molar-refractivity contribution in [3.05, 3.63) is 10.0 Å². The van der Waals surface area contributed by atoms with Gasteiger partial charge in [-0.25, -0.2) is 4.98 Å². The van der Waals surface area contributed by atoms with Crippen molar-refractivity contribution < 1.29 is 0 Å². The summed E-state index contributed by atoms with van der Waals surface area (Å²) in [6.45, 7) is 8.57. The highest BCUT2D eigenvalue weighted by molar-refractivity contribution is 7.16. The number of halogens is 2. The Morgan fingerprint density at radius 3 is 2.56 bits per heavy atom. The molecule has 1 heterocycles. The first-order valence-corrected chi connectivity index (χ1v) is 7.31. The number of thiazole rings is 1. The first-order chi connectivity index (χ1) is 7.62. The summed E-state index contributed by atoms with van der Waals surface area (Å²) in [5.41, 5.74) is 0. The van der Waals surface area contributed by atoms with Crippen molar-refractivity contribution in [2.24, 2.45) is 5.92 Å². The molecule has 0 aliphatic rings. The van der Waals surface area contributed by atoms with Crippen LogP contribution in [0, 0.1) is 5.92 Å². The van der Waals surface area contributed by atoms with Crippen molar-refractivity contribution in [1.82, 2.24) is 4.98 Å². The molecule has 1 unspecified atom stereocenters. The maximum Gasteiger partial charge on any atom is 0.187 e. The maximum absolute atomic E-state index is 6.00. The van der Waals surface area contributed by atoms with Crippen LogP contribution in [0.5, 0.6) is 0 Å². The van der Waals surface area contributed by atoms with Crippen molar-refractivity contribution in [1.29, 1.82) is 0 Å². The topological polar surface area (TPSA) is 16.1 Å². The molecule has 0 fully saturated rings. The van der Waals surface area contributed by atoms with Crippen LogP contribution in [0.3, 0.4) is 0 Å². The summed E-state index contributed by atoms with van der Waals surface area (Å²) in [7, 11) is 0. The highest BCUT2D eigenvalue weighted by Gasteiger charge is 2.15. The van der Waals surface area contributed by atoms with Crippen molar-refractivity contribution >= 4 is 39.7 Å². The molecule has 1 rings (SSSR count). The van der Waals surface area contributed by atoms with Gasteiger partial charge in [0.15, 0.2) is 5.13 Å². The minimum atomic E-state index is 0.442. The lowest BCUT2D eigenvalue weighted by atomic mass is 10.1. The van der Waals surface area contributed by atoms with Gasteiger partial charge in [0.05, 0.1) is 10.8 Å². The summed E-state index contributed by atoms with van der Waals surface area (Å²) in [6, 6.07) is 0. The van der Waals surface area contributed by atoms with Crippen LogP contribution in [0.15, 0.2) is 0 Å². The van der Waals surface area contributed by atoms with E-state index in [0.29, 0.717) is 17.0 Å². The molecule has 0 aromatic carbocycles. The number of rotatable bonds is 6. The number of anilines is 1. The van der Waals surface area contributed by atoms with Crippen LogP contribution in [0.2, 0.25) is 5.15 Å². The Labute approximate surface area is 112 Å². The summed E-state index contributed by atoms with van der Waals surface area (Å²) in [4.78, 5) is 7.59. The third-order valence-corrected chi connectivity index (χ3v) is 4.61. The Bertz CT molecular complexity index is 328. The predicted octanol–water partition coefficient (Wildman–Crippen LogP) is 4.41. The number of hydrogen-bond donors (Lipinski definition) is 0. The molecule has 0 saturated carbocycles.